The zero-order valence-electron chi connectivity index (χ0n) is 16.0. The third-order valence-corrected chi connectivity index (χ3v) is 5.00. The Bertz CT molecular complexity index is 1360. The minimum Gasteiger partial charge on any atom is -0.438 e. The second kappa shape index (κ2) is 8.25. The summed E-state index contributed by atoms with van der Waals surface area (Å²) < 4.78 is 6.11. The summed E-state index contributed by atoms with van der Waals surface area (Å²) in [5.74, 6) is 1.11. The number of nitrogens with zero attached hydrogens (tertiary/aromatic N) is 5. The summed E-state index contributed by atoms with van der Waals surface area (Å²) in [5.41, 5.74) is 3.57. The number of para-hydroxylation sites is 1. The Morgan fingerprint density at radius 2 is 1.84 bits per heavy atom. The van der Waals surface area contributed by atoms with Gasteiger partial charge in [0.15, 0.2) is 5.82 Å². The van der Waals surface area contributed by atoms with Gasteiger partial charge in [-0.1, -0.05) is 29.5 Å². The van der Waals surface area contributed by atoms with Crippen LogP contribution in [0.2, 0.25) is 0 Å². The molecule has 0 spiro atoms. The quantitative estimate of drug-likeness (QED) is 0.438. The third kappa shape index (κ3) is 4.07. The van der Waals surface area contributed by atoms with Crippen molar-refractivity contribution in [2.24, 2.45) is 0 Å². The van der Waals surface area contributed by atoms with Crippen LogP contribution in [0.25, 0.3) is 22.3 Å². The maximum atomic E-state index is 12.5. The van der Waals surface area contributed by atoms with E-state index in [4.69, 9.17) is 4.74 Å². The molecule has 1 amide bonds. The Balaban J connectivity index is 1.50. The first-order valence-corrected chi connectivity index (χ1v) is 10.2. The van der Waals surface area contributed by atoms with Gasteiger partial charge in [0.05, 0.1) is 10.9 Å². The van der Waals surface area contributed by atoms with E-state index in [0.29, 0.717) is 28.1 Å². The van der Waals surface area contributed by atoms with Crippen molar-refractivity contribution in [1.29, 1.82) is 0 Å². The number of carbonyl (C=O) groups excluding carboxylic acids is 1. The molecule has 3 aromatic heterocycles. The molecule has 0 radical (unpaired) electrons. The van der Waals surface area contributed by atoms with E-state index in [0.717, 1.165) is 16.5 Å². The number of ether oxygens (including phenoxy) is 1. The van der Waals surface area contributed by atoms with Gasteiger partial charge in [0, 0.05) is 23.5 Å². The zero-order chi connectivity index (χ0) is 21.0. The van der Waals surface area contributed by atoms with Gasteiger partial charge in [-0.2, -0.15) is 4.98 Å². The molecule has 1 N–H and O–H groups in total. The number of fused-ring (bicyclic) bond motifs is 1. The molecule has 0 aliphatic rings. The van der Waals surface area contributed by atoms with Crippen molar-refractivity contribution in [1.82, 2.24) is 25.1 Å². The summed E-state index contributed by atoms with van der Waals surface area (Å²) in [6.45, 7) is 0. The number of amides is 1. The highest BCUT2D eigenvalue weighted by molar-refractivity contribution is 7.13. The average molecular weight is 426 g/mol. The number of benzene rings is 2. The summed E-state index contributed by atoms with van der Waals surface area (Å²) in [6.07, 6.45) is 3.38. The van der Waals surface area contributed by atoms with Crippen molar-refractivity contribution >= 4 is 33.3 Å². The van der Waals surface area contributed by atoms with E-state index in [9.17, 15) is 4.79 Å². The lowest BCUT2D eigenvalue weighted by molar-refractivity contribution is 0.102. The first kappa shape index (κ1) is 18.8. The number of nitrogens with one attached hydrogen (secondary N) is 1. The molecule has 150 valence electrons. The SMILES string of the molecule is O=C(Nc1nncs1)c1cccc(Oc2nc(-c3ccncc3)nc3ccccc23)c1. The number of rotatable bonds is 5. The first-order chi connectivity index (χ1) is 15.3. The summed E-state index contributed by atoms with van der Waals surface area (Å²) in [4.78, 5) is 25.8. The summed E-state index contributed by atoms with van der Waals surface area (Å²) in [6, 6.07) is 18.2. The molecule has 0 unspecified atom stereocenters. The molecule has 5 rings (SSSR count). The molecular formula is C22H14N6O2S. The van der Waals surface area contributed by atoms with Crippen LogP contribution in [0.3, 0.4) is 0 Å². The van der Waals surface area contributed by atoms with Crippen molar-refractivity contribution in [3.05, 3.63) is 84.1 Å². The van der Waals surface area contributed by atoms with Gasteiger partial charge in [-0.3, -0.25) is 15.1 Å². The highest BCUT2D eigenvalue weighted by Gasteiger charge is 2.13. The number of pyridine rings is 1. The molecule has 0 saturated heterocycles. The van der Waals surface area contributed by atoms with E-state index >= 15 is 0 Å². The van der Waals surface area contributed by atoms with Gasteiger partial charge in [0.1, 0.15) is 11.3 Å². The van der Waals surface area contributed by atoms with Crippen molar-refractivity contribution in [3.8, 4) is 23.0 Å². The lowest BCUT2D eigenvalue weighted by Gasteiger charge is -2.11. The fourth-order valence-electron chi connectivity index (χ4n) is 2.96. The predicted molar refractivity (Wildman–Crippen MR) is 117 cm³/mol. The molecule has 5 aromatic rings. The van der Waals surface area contributed by atoms with E-state index in [1.807, 2.05) is 36.4 Å². The van der Waals surface area contributed by atoms with Crippen LogP contribution in [0.15, 0.2) is 78.6 Å². The highest BCUT2D eigenvalue weighted by Crippen LogP contribution is 2.30. The van der Waals surface area contributed by atoms with Gasteiger partial charge < -0.3 is 4.74 Å². The van der Waals surface area contributed by atoms with E-state index in [-0.39, 0.29) is 5.91 Å². The van der Waals surface area contributed by atoms with Gasteiger partial charge in [-0.25, -0.2) is 4.98 Å². The molecule has 2 aromatic carbocycles. The second-order valence-corrected chi connectivity index (χ2v) is 7.27. The molecule has 0 saturated carbocycles. The van der Waals surface area contributed by atoms with Crippen LogP contribution in [0, 0.1) is 0 Å². The van der Waals surface area contributed by atoms with Crippen LogP contribution in [-0.4, -0.2) is 31.1 Å². The lowest BCUT2D eigenvalue weighted by Crippen LogP contribution is -2.11. The Kier molecular flexibility index (Phi) is 4.99. The monoisotopic (exact) mass is 426 g/mol. The second-order valence-electron chi connectivity index (χ2n) is 6.43. The zero-order valence-corrected chi connectivity index (χ0v) is 16.8. The summed E-state index contributed by atoms with van der Waals surface area (Å²) in [7, 11) is 0. The third-order valence-electron chi connectivity index (χ3n) is 4.40. The van der Waals surface area contributed by atoms with Crippen LogP contribution in [0.1, 0.15) is 10.4 Å². The minimum atomic E-state index is -0.299. The average Bonchev–Trinajstić information content (AvgIpc) is 3.33. The largest absolute Gasteiger partial charge is 0.438 e. The first-order valence-electron chi connectivity index (χ1n) is 9.29. The minimum absolute atomic E-state index is 0.299. The molecule has 0 aliphatic heterocycles. The Hall–Kier alpha value is -4.24. The fraction of sp³-hybridized carbons (Fsp3) is 0. The standard InChI is InChI=1S/C22H14N6O2S/c29-20(27-22-28-24-13-31-22)15-4-3-5-16(12-15)30-21-17-6-1-2-7-18(17)25-19(26-21)14-8-10-23-11-9-14/h1-13H,(H,27,28,29). The maximum absolute atomic E-state index is 12.5. The Morgan fingerprint density at radius 1 is 0.968 bits per heavy atom. The van der Waals surface area contributed by atoms with Gasteiger partial charge in [0.25, 0.3) is 5.91 Å². The summed E-state index contributed by atoms with van der Waals surface area (Å²) >= 11 is 1.25. The maximum Gasteiger partial charge on any atom is 0.257 e. The van der Waals surface area contributed by atoms with E-state index in [2.05, 4.69) is 30.5 Å². The van der Waals surface area contributed by atoms with Crippen molar-refractivity contribution in [3.63, 3.8) is 0 Å². The number of carbonyl (C=O) groups is 1. The molecule has 9 heteroatoms. The molecule has 3 heterocycles. The number of hydrogen-bond donors (Lipinski definition) is 1. The van der Waals surface area contributed by atoms with Crippen LogP contribution < -0.4 is 10.1 Å². The van der Waals surface area contributed by atoms with Crippen LogP contribution in [0.5, 0.6) is 11.6 Å². The smallest absolute Gasteiger partial charge is 0.257 e. The normalized spacial score (nSPS) is 10.7. The van der Waals surface area contributed by atoms with Crippen LogP contribution in [0.4, 0.5) is 5.13 Å². The van der Waals surface area contributed by atoms with E-state index < -0.39 is 0 Å². The van der Waals surface area contributed by atoms with E-state index in [1.54, 1.807) is 42.2 Å². The highest BCUT2D eigenvalue weighted by atomic mass is 32.1. The van der Waals surface area contributed by atoms with Gasteiger partial charge in [0.2, 0.25) is 11.0 Å². The number of hydrogen-bond acceptors (Lipinski definition) is 8. The molecule has 0 atom stereocenters. The number of aromatic nitrogens is 5. The molecule has 8 nitrogen and oxygen atoms in total. The van der Waals surface area contributed by atoms with E-state index in [1.165, 1.54) is 11.3 Å². The predicted octanol–water partition coefficient (Wildman–Crippen LogP) is 4.59. The summed E-state index contributed by atoms with van der Waals surface area (Å²) in [5, 5.41) is 11.5. The van der Waals surface area contributed by atoms with Crippen molar-refractivity contribution in [2.75, 3.05) is 5.32 Å². The molecule has 0 aliphatic carbocycles. The topological polar surface area (TPSA) is 103 Å². The van der Waals surface area contributed by atoms with Gasteiger partial charge in [-0.05, 0) is 42.5 Å². The van der Waals surface area contributed by atoms with Crippen molar-refractivity contribution < 1.29 is 9.53 Å². The lowest BCUT2D eigenvalue weighted by atomic mass is 10.2. The molecule has 31 heavy (non-hydrogen) atoms. The molecule has 0 bridgehead atoms. The number of anilines is 1. The Morgan fingerprint density at radius 3 is 2.68 bits per heavy atom. The Labute approximate surface area is 180 Å². The molecular weight excluding hydrogens is 412 g/mol. The molecule has 0 fully saturated rings. The van der Waals surface area contributed by atoms with Gasteiger partial charge in [-0.15, -0.1) is 10.2 Å². The van der Waals surface area contributed by atoms with Crippen molar-refractivity contribution in [2.45, 2.75) is 0 Å². The van der Waals surface area contributed by atoms with Gasteiger partial charge >= 0.3 is 0 Å². The van der Waals surface area contributed by atoms with Crippen LogP contribution in [-0.2, 0) is 0 Å². The van der Waals surface area contributed by atoms with Crippen LogP contribution >= 0.6 is 11.3 Å². The fourth-order valence-corrected chi connectivity index (χ4v) is 3.40.